The van der Waals surface area contributed by atoms with Gasteiger partial charge in [-0.25, -0.2) is 0 Å². The van der Waals surface area contributed by atoms with Crippen molar-refractivity contribution in [1.82, 2.24) is 4.98 Å². The van der Waals surface area contributed by atoms with Gasteiger partial charge in [-0.2, -0.15) is 0 Å². The first kappa shape index (κ1) is 12.6. The Morgan fingerprint density at radius 1 is 0.909 bits per heavy atom. The van der Waals surface area contributed by atoms with Crippen LogP contribution in [0.5, 0.6) is 0 Å². The SMILES string of the molecule is ON=c1cc(-c2cc3ccccc3cn2)oc2ccccc12. The van der Waals surface area contributed by atoms with Gasteiger partial charge in [0.15, 0.2) is 5.76 Å². The highest BCUT2D eigenvalue weighted by molar-refractivity contribution is 5.85. The molecule has 4 heteroatoms. The fourth-order valence-electron chi connectivity index (χ4n) is 2.54. The number of fused-ring (bicyclic) bond motifs is 2. The van der Waals surface area contributed by atoms with Crippen LogP contribution in [0.15, 0.2) is 76.4 Å². The van der Waals surface area contributed by atoms with E-state index in [1.165, 1.54) is 0 Å². The molecule has 22 heavy (non-hydrogen) atoms. The molecule has 0 radical (unpaired) electrons. The summed E-state index contributed by atoms with van der Waals surface area (Å²) in [6, 6.07) is 19.1. The van der Waals surface area contributed by atoms with E-state index < -0.39 is 0 Å². The molecule has 2 aromatic heterocycles. The Bertz CT molecular complexity index is 1050. The maximum absolute atomic E-state index is 9.24. The molecule has 106 valence electrons. The quantitative estimate of drug-likeness (QED) is 0.426. The molecule has 0 aliphatic rings. The van der Waals surface area contributed by atoms with Crippen molar-refractivity contribution < 1.29 is 9.62 Å². The summed E-state index contributed by atoms with van der Waals surface area (Å²) in [5.41, 5.74) is 1.36. The lowest BCUT2D eigenvalue weighted by molar-refractivity contribution is 0.302. The molecule has 0 fully saturated rings. The molecule has 0 aliphatic heterocycles. The first-order chi connectivity index (χ1) is 10.8. The van der Waals surface area contributed by atoms with Gasteiger partial charge in [0.25, 0.3) is 0 Å². The molecule has 0 atom stereocenters. The smallest absolute Gasteiger partial charge is 0.155 e. The van der Waals surface area contributed by atoms with Gasteiger partial charge >= 0.3 is 0 Å². The van der Waals surface area contributed by atoms with E-state index in [1.807, 2.05) is 60.8 Å². The number of rotatable bonds is 1. The van der Waals surface area contributed by atoms with Crippen LogP contribution in [0.1, 0.15) is 0 Å². The molecule has 4 rings (SSSR count). The summed E-state index contributed by atoms with van der Waals surface area (Å²) in [5, 5.41) is 16.0. The van der Waals surface area contributed by atoms with Gasteiger partial charge in [0.1, 0.15) is 16.6 Å². The number of pyridine rings is 1. The van der Waals surface area contributed by atoms with Crippen molar-refractivity contribution in [3.8, 4) is 11.5 Å². The molecular weight excluding hydrogens is 276 g/mol. The number of hydrogen-bond acceptors (Lipinski definition) is 4. The summed E-state index contributed by atoms with van der Waals surface area (Å²) in [7, 11) is 0. The molecule has 2 aromatic carbocycles. The van der Waals surface area contributed by atoms with Gasteiger partial charge in [-0.05, 0) is 23.6 Å². The minimum Gasteiger partial charge on any atom is -0.454 e. The zero-order chi connectivity index (χ0) is 14.9. The molecule has 0 amide bonds. The van der Waals surface area contributed by atoms with Crippen molar-refractivity contribution in [2.24, 2.45) is 5.16 Å². The van der Waals surface area contributed by atoms with E-state index in [9.17, 15) is 5.21 Å². The van der Waals surface area contributed by atoms with Crippen molar-refractivity contribution in [1.29, 1.82) is 0 Å². The highest BCUT2D eigenvalue weighted by Crippen LogP contribution is 2.23. The van der Waals surface area contributed by atoms with E-state index in [0.717, 1.165) is 16.2 Å². The molecule has 2 heterocycles. The van der Waals surface area contributed by atoms with Crippen molar-refractivity contribution >= 4 is 21.7 Å². The van der Waals surface area contributed by atoms with E-state index in [0.29, 0.717) is 22.4 Å². The molecule has 0 bridgehead atoms. The van der Waals surface area contributed by atoms with Crippen LogP contribution >= 0.6 is 0 Å². The average Bonchev–Trinajstić information content (AvgIpc) is 2.60. The van der Waals surface area contributed by atoms with Crippen LogP contribution in [0, 0.1) is 0 Å². The number of para-hydroxylation sites is 1. The summed E-state index contributed by atoms with van der Waals surface area (Å²) in [6.07, 6.45) is 1.81. The molecule has 0 spiro atoms. The Morgan fingerprint density at radius 3 is 2.55 bits per heavy atom. The summed E-state index contributed by atoms with van der Waals surface area (Å²) in [4.78, 5) is 4.44. The second kappa shape index (κ2) is 5.00. The normalized spacial score (nSPS) is 12.1. The third-order valence-corrected chi connectivity index (χ3v) is 3.64. The van der Waals surface area contributed by atoms with Gasteiger partial charge < -0.3 is 9.62 Å². The average molecular weight is 288 g/mol. The van der Waals surface area contributed by atoms with Crippen LogP contribution in [-0.4, -0.2) is 10.2 Å². The van der Waals surface area contributed by atoms with Crippen LogP contribution in [0.3, 0.4) is 0 Å². The molecular formula is C18H12N2O2. The largest absolute Gasteiger partial charge is 0.454 e. The fraction of sp³-hybridized carbons (Fsp3) is 0. The number of aromatic nitrogens is 1. The maximum Gasteiger partial charge on any atom is 0.155 e. The zero-order valence-electron chi connectivity index (χ0n) is 11.6. The predicted molar refractivity (Wildman–Crippen MR) is 84.3 cm³/mol. The minimum atomic E-state index is 0.465. The van der Waals surface area contributed by atoms with Gasteiger partial charge in [0, 0.05) is 23.0 Å². The Kier molecular flexibility index (Phi) is 2.86. The summed E-state index contributed by atoms with van der Waals surface area (Å²) < 4.78 is 5.91. The van der Waals surface area contributed by atoms with E-state index in [1.54, 1.807) is 6.07 Å². The lowest BCUT2D eigenvalue weighted by Gasteiger charge is -2.05. The third-order valence-electron chi connectivity index (χ3n) is 3.64. The van der Waals surface area contributed by atoms with E-state index in [2.05, 4.69) is 10.1 Å². The topological polar surface area (TPSA) is 58.6 Å². The van der Waals surface area contributed by atoms with E-state index >= 15 is 0 Å². The van der Waals surface area contributed by atoms with Crippen LogP contribution in [0.2, 0.25) is 0 Å². The lowest BCUT2D eigenvalue weighted by atomic mass is 10.1. The van der Waals surface area contributed by atoms with Crippen molar-refractivity contribution in [2.45, 2.75) is 0 Å². The molecule has 4 nitrogen and oxygen atoms in total. The predicted octanol–water partition coefficient (Wildman–Crippen LogP) is 3.94. The van der Waals surface area contributed by atoms with Gasteiger partial charge in [-0.3, -0.25) is 4.98 Å². The van der Waals surface area contributed by atoms with E-state index in [-0.39, 0.29) is 0 Å². The van der Waals surface area contributed by atoms with Crippen LogP contribution in [0.4, 0.5) is 0 Å². The molecule has 0 aliphatic carbocycles. The van der Waals surface area contributed by atoms with E-state index in [4.69, 9.17) is 4.42 Å². The van der Waals surface area contributed by atoms with Crippen molar-refractivity contribution in [3.05, 3.63) is 72.2 Å². The highest BCUT2D eigenvalue weighted by atomic mass is 16.4. The Balaban J connectivity index is 1.99. The second-order valence-corrected chi connectivity index (χ2v) is 5.01. The summed E-state index contributed by atoms with van der Waals surface area (Å²) in [5.74, 6) is 0.567. The Morgan fingerprint density at radius 2 is 1.68 bits per heavy atom. The highest BCUT2D eigenvalue weighted by Gasteiger charge is 2.07. The molecule has 1 N–H and O–H groups in total. The van der Waals surface area contributed by atoms with Gasteiger partial charge in [-0.1, -0.05) is 41.6 Å². The van der Waals surface area contributed by atoms with Crippen LogP contribution in [-0.2, 0) is 0 Å². The maximum atomic E-state index is 9.24. The fourth-order valence-corrected chi connectivity index (χ4v) is 2.54. The number of hydrogen-bond donors (Lipinski definition) is 1. The Hall–Kier alpha value is -3.14. The Labute approximate surface area is 126 Å². The van der Waals surface area contributed by atoms with Gasteiger partial charge in [-0.15, -0.1) is 0 Å². The van der Waals surface area contributed by atoms with Crippen LogP contribution in [0.25, 0.3) is 33.2 Å². The molecule has 4 aromatic rings. The zero-order valence-corrected chi connectivity index (χ0v) is 11.6. The summed E-state index contributed by atoms with van der Waals surface area (Å²) in [6.45, 7) is 0. The first-order valence-electron chi connectivity index (χ1n) is 6.91. The third kappa shape index (κ3) is 2.02. The summed E-state index contributed by atoms with van der Waals surface area (Å²) >= 11 is 0. The second-order valence-electron chi connectivity index (χ2n) is 5.01. The van der Waals surface area contributed by atoms with Crippen molar-refractivity contribution in [3.63, 3.8) is 0 Å². The van der Waals surface area contributed by atoms with Crippen molar-refractivity contribution in [2.75, 3.05) is 0 Å². The first-order valence-corrected chi connectivity index (χ1v) is 6.91. The number of nitrogens with zero attached hydrogens (tertiary/aromatic N) is 2. The lowest BCUT2D eigenvalue weighted by Crippen LogP contribution is -2.03. The monoisotopic (exact) mass is 288 g/mol. The standard InChI is InChI=1S/C18H12N2O2/c21-20-15-10-18(22-17-8-4-3-7-14(15)17)16-9-12-5-1-2-6-13(12)11-19-16/h1-11,21H. The molecule has 0 saturated heterocycles. The molecule has 0 saturated carbocycles. The van der Waals surface area contributed by atoms with Gasteiger partial charge in [0.05, 0.1) is 0 Å². The van der Waals surface area contributed by atoms with Gasteiger partial charge in [0.2, 0.25) is 0 Å². The van der Waals surface area contributed by atoms with Crippen LogP contribution < -0.4 is 5.36 Å². The number of benzene rings is 2. The minimum absolute atomic E-state index is 0.465. The molecule has 0 unspecified atom stereocenters.